The normalized spacial score (nSPS) is 12.8. The average Bonchev–Trinajstić information content (AvgIpc) is 2.69. The number of nitro groups is 1. The van der Waals surface area contributed by atoms with E-state index in [4.69, 9.17) is 9.47 Å². The van der Waals surface area contributed by atoms with Gasteiger partial charge in [-0.05, 0) is 19.4 Å². The molecule has 148 valence electrons. The second-order valence-corrected chi connectivity index (χ2v) is 6.06. The van der Waals surface area contributed by atoms with Gasteiger partial charge in [-0.1, -0.05) is 60.7 Å². The Morgan fingerprint density at radius 3 is 1.68 bits per heavy atom. The summed E-state index contributed by atoms with van der Waals surface area (Å²) in [5.74, 6) is -4.22. The van der Waals surface area contributed by atoms with Gasteiger partial charge in [-0.2, -0.15) is 0 Å². The van der Waals surface area contributed by atoms with Crippen molar-refractivity contribution in [3.05, 3.63) is 81.9 Å². The molecular weight excluding hydrogens is 362 g/mol. The third-order valence-electron chi connectivity index (χ3n) is 4.33. The first-order valence-corrected chi connectivity index (χ1v) is 9.07. The lowest BCUT2D eigenvalue weighted by atomic mass is 9.78. The molecule has 2 unspecified atom stereocenters. The lowest BCUT2D eigenvalue weighted by Gasteiger charge is -2.27. The molecule has 2 aromatic rings. The minimum Gasteiger partial charge on any atom is -0.465 e. The molecule has 2 aromatic carbocycles. The monoisotopic (exact) mass is 385 g/mol. The predicted octanol–water partition coefficient (Wildman–Crippen LogP) is 3.53. The summed E-state index contributed by atoms with van der Waals surface area (Å²) in [4.78, 5) is 37.0. The molecule has 0 saturated heterocycles. The van der Waals surface area contributed by atoms with E-state index in [9.17, 15) is 19.7 Å². The molecular formula is C21H23NO6. The van der Waals surface area contributed by atoms with Gasteiger partial charge in [-0.25, -0.2) is 0 Å². The van der Waals surface area contributed by atoms with Gasteiger partial charge >= 0.3 is 11.9 Å². The van der Waals surface area contributed by atoms with Crippen molar-refractivity contribution in [1.29, 1.82) is 0 Å². The highest BCUT2D eigenvalue weighted by atomic mass is 16.6. The van der Waals surface area contributed by atoms with Crippen LogP contribution in [0.4, 0.5) is 0 Å². The van der Waals surface area contributed by atoms with Gasteiger partial charge in [0.15, 0.2) is 5.92 Å². The SMILES string of the molecule is CCOC(=O)C(C(=O)OCC)C(c1ccccc1)C(c1ccccc1)[N+](=O)[O-]. The summed E-state index contributed by atoms with van der Waals surface area (Å²) in [7, 11) is 0. The van der Waals surface area contributed by atoms with Gasteiger partial charge in [-0.15, -0.1) is 0 Å². The molecule has 0 radical (unpaired) electrons. The van der Waals surface area contributed by atoms with Crippen LogP contribution in [0.5, 0.6) is 0 Å². The molecule has 0 fully saturated rings. The molecule has 0 aliphatic rings. The molecule has 2 atom stereocenters. The highest BCUT2D eigenvalue weighted by Crippen LogP contribution is 2.40. The van der Waals surface area contributed by atoms with Gasteiger partial charge in [0.25, 0.3) is 0 Å². The van der Waals surface area contributed by atoms with Crippen LogP contribution in [0.2, 0.25) is 0 Å². The van der Waals surface area contributed by atoms with E-state index in [1.165, 1.54) is 0 Å². The molecule has 0 aliphatic carbocycles. The van der Waals surface area contributed by atoms with Crippen LogP contribution in [0, 0.1) is 16.0 Å². The maximum atomic E-state index is 12.7. The highest BCUT2D eigenvalue weighted by Gasteiger charge is 2.48. The Morgan fingerprint density at radius 2 is 1.29 bits per heavy atom. The van der Waals surface area contributed by atoms with E-state index in [0.717, 1.165) is 0 Å². The summed E-state index contributed by atoms with van der Waals surface area (Å²) in [6.07, 6.45) is 0. The van der Waals surface area contributed by atoms with Gasteiger partial charge in [-0.3, -0.25) is 19.7 Å². The van der Waals surface area contributed by atoms with Crippen LogP contribution >= 0.6 is 0 Å². The summed E-state index contributed by atoms with van der Waals surface area (Å²) in [6.45, 7) is 3.31. The number of hydrogen-bond donors (Lipinski definition) is 0. The average molecular weight is 385 g/mol. The second-order valence-electron chi connectivity index (χ2n) is 6.06. The Balaban J connectivity index is 2.66. The summed E-state index contributed by atoms with van der Waals surface area (Å²) in [6, 6.07) is 15.5. The van der Waals surface area contributed by atoms with Crippen molar-refractivity contribution in [2.45, 2.75) is 25.8 Å². The molecule has 0 bridgehead atoms. The number of esters is 2. The minimum absolute atomic E-state index is 0.0463. The summed E-state index contributed by atoms with van der Waals surface area (Å²) in [5, 5.41) is 12.1. The van der Waals surface area contributed by atoms with Crippen molar-refractivity contribution >= 4 is 11.9 Å². The lowest BCUT2D eigenvalue weighted by Crippen LogP contribution is -2.38. The largest absolute Gasteiger partial charge is 0.465 e. The lowest BCUT2D eigenvalue weighted by molar-refractivity contribution is -0.534. The first-order chi connectivity index (χ1) is 13.5. The number of ether oxygens (including phenoxy) is 2. The zero-order valence-corrected chi connectivity index (χ0v) is 15.8. The van der Waals surface area contributed by atoms with E-state index < -0.39 is 34.7 Å². The third-order valence-corrected chi connectivity index (χ3v) is 4.33. The first-order valence-electron chi connectivity index (χ1n) is 9.07. The van der Waals surface area contributed by atoms with Crippen molar-refractivity contribution in [2.75, 3.05) is 13.2 Å². The van der Waals surface area contributed by atoms with Crippen LogP contribution in [-0.4, -0.2) is 30.1 Å². The maximum absolute atomic E-state index is 12.7. The molecule has 7 heteroatoms. The van der Waals surface area contributed by atoms with Crippen molar-refractivity contribution in [2.24, 2.45) is 5.92 Å². The van der Waals surface area contributed by atoms with Crippen LogP contribution in [0.3, 0.4) is 0 Å². The van der Waals surface area contributed by atoms with Crippen LogP contribution in [0.15, 0.2) is 60.7 Å². The topological polar surface area (TPSA) is 95.7 Å². The Bertz CT molecular complexity index is 775. The molecule has 28 heavy (non-hydrogen) atoms. The van der Waals surface area contributed by atoms with E-state index >= 15 is 0 Å². The van der Waals surface area contributed by atoms with E-state index in [1.807, 2.05) is 0 Å². The molecule has 0 heterocycles. The van der Waals surface area contributed by atoms with E-state index in [2.05, 4.69) is 0 Å². The van der Waals surface area contributed by atoms with Gasteiger partial charge in [0, 0.05) is 10.5 Å². The Kier molecular flexibility index (Phi) is 7.68. The fraction of sp³-hybridized carbons (Fsp3) is 0.333. The molecule has 0 N–H and O–H groups in total. The molecule has 0 aromatic heterocycles. The van der Waals surface area contributed by atoms with Crippen LogP contribution in [0.1, 0.15) is 36.9 Å². The Labute approximate surface area is 163 Å². The fourth-order valence-corrected chi connectivity index (χ4v) is 3.20. The number of rotatable bonds is 9. The quantitative estimate of drug-likeness (QED) is 0.284. The third kappa shape index (κ3) is 4.94. The molecule has 0 amide bonds. The van der Waals surface area contributed by atoms with Gasteiger partial charge in [0.05, 0.1) is 19.1 Å². The van der Waals surface area contributed by atoms with Gasteiger partial charge in [0.1, 0.15) is 0 Å². The molecule has 0 saturated carbocycles. The zero-order chi connectivity index (χ0) is 20.5. The predicted molar refractivity (Wildman–Crippen MR) is 102 cm³/mol. The number of carbonyl (C=O) groups is 2. The van der Waals surface area contributed by atoms with Crippen molar-refractivity contribution in [3.8, 4) is 0 Å². The number of benzene rings is 2. The van der Waals surface area contributed by atoms with Gasteiger partial charge < -0.3 is 9.47 Å². The number of nitrogens with zero attached hydrogens (tertiary/aromatic N) is 1. The van der Waals surface area contributed by atoms with Crippen molar-refractivity contribution in [3.63, 3.8) is 0 Å². The van der Waals surface area contributed by atoms with Crippen LogP contribution in [0.25, 0.3) is 0 Å². The Hall–Kier alpha value is -3.22. The van der Waals surface area contributed by atoms with Crippen LogP contribution < -0.4 is 0 Å². The summed E-state index contributed by atoms with van der Waals surface area (Å²) >= 11 is 0. The van der Waals surface area contributed by atoms with Gasteiger partial charge in [0.2, 0.25) is 6.04 Å². The Morgan fingerprint density at radius 1 is 0.857 bits per heavy atom. The second kappa shape index (κ2) is 10.2. The minimum atomic E-state index is -1.46. The van der Waals surface area contributed by atoms with E-state index in [0.29, 0.717) is 11.1 Å². The van der Waals surface area contributed by atoms with E-state index in [-0.39, 0.29) is 13.2 Å². The summed E-state index contributed by atoms with van der Waals surface area (Å²) < 4.78 is 10.2. The molecule has 0 aliphatic heterocycles. The maximum Gasteiger partial charge on any atom is 0.321 e. The summed E-state index contributed by atoms with van der Waals surface area (Å²) in [5.41, 5.74) is 0.874. The fourth-order valence-electron chi connectivity index (χ4n) is 3.20. The standard InChI is InChI=1S/C21H23NO6/c1-3-27-20(23)18(21(24)28-4-2)17(15-11-7-5-8-12-15)19(22(25)26)16-13-9-6-10-14-16/h5-14,17-19H,3-4H2,1-2H3. The van der Waals surface area contributed by atoms with E-state index in [1.54, 1.807) is 74.5 Å². The van der Waals surface area contributed by atoms with Crippen molar-refractivity contribution < 1.29 is 24.0 Å². The zero-order valence-electron chi connectivity index (χ0n) is 15.8. The molecule has 0 spiro atoms. The number of hydrogen-bond acceptors (Lipinski definition) is 6. The van der Waals surface area contributed by atoms with Crippen LogP contribution in [-0.2, 0) is 19.1 Å². The first kappa shape index (κ1) is 21.1. The van der Waals surface area contributed by atoms with Crippen molar-refractivity contribution in [1.82, 2.24) is 0 Å². The molecule has 2 rings (SSSR count). The molecule has 7 nitrogen and oxygen atoms in total. The number of carbonyl (C=O) groups excluding carboxylic acids is 2. The smallest absolute Gasteiger partial charge is 0.321 e. The highest BCUT2D eigenvalue weighted by molar-refractivity contribution is 5.96.